The van der Waals surface area contributed by atoms with Gasteiger partial charge in [-0.15, -0.1) is 0 Å². The Morgan fingerprint density at radius 1 is 1.28 bits per heavy atom. The summed E-state index contributed by atoms with van der Waals surface area (Å²) in [5, 5.41) is 3.55. The molecule has 0 bridgehead atoms. The van der Waals surface area contributed by atoms with Gasteiger partial charge in [0, 0.05) is 17.1 Å². The molecular formula is C15H22BrNO. The van der Waals surface area contributed by atoms with E-state index in [0.717, 1.165) is 17.1 Å². The lowest BCUT2D eigenvalue weighted by atomic mass is 10.1. The van der Waals surface area contributed by atoms with Crippen molar-refractivity contribution in [1.82, 2.24) is 5.32 Å². The lowest BCUT2D eigenvalue weighted by molar-refractivity contribution is 0.0111. The minimum atomic E-state index is 0.300. The van der Waals surface area contributed by atoms with Crippen molar-refractivity contribution in [2.45, 2.75) is 45.4 Å². The lowest BCUT2D eigenvalue weighted by Gasteiger charge is -2.22. The van der Waals surface area contributed by atoms with E-state index in [2.05, 4.69) is 59.4 Å². The summed E-state index contributed by atoms with van der Waals surface area (Å²) in [4.78, 5) is 0. The van der Waals surface area contributed by atoms with Gasteiger partial charge in [-0.25, -0.2) is 0 Å². The van der Waals surface area contributed by atoms with Crippen LogP contribution in [0.5, 0.6) is 0 Å². The Balaban J connectivity index is 1.78. The van der Waals surface area contributed by atoms with Crippen LogP contribution in [-0.2, 0) is 11.3 Å². The summed E-state index contributed by atoms with van der Waals surface area (Å²) in [5.41, 5.74) is 1.23. The van der Waals surface area contributed by atoms with Gasteiger partial charge in [0.05, 0.1) is 12.7 Å². The molecule has 1 fully saturated rings. The van der Waals surface area contributed by atoms with Crippen LogP contribution in [0.1, 0.15) is 32.3 Å². The minimum Gasteiger partial charge on any atom is -0.372 e. The van der Waals surface area contributed by atoms with Gasteiger partial charge in [-0.2, -0.15) is 0 Å². The topological polar surface area (TPSA) is 21.3 Å². The van der Waals surface area contributed by atoms with Crippen molar-refractivity contribution in [1.29, 1.82) is 0 Å². The van der Waals surface area contributed by atoms with E-state index >= 15 is 0 Å². The van der Waals surface area contributed by atoms with E-state index < -0.39 is 0 Å². The number of hydrogen-bond donors (Lipinski definition) is 1. The lowest BCUT2D eigenvalue weighted by Crippen LogP contribution is -2.34. The van der Waals surface area contributed by atoms with E-state index in [4.69, 9.17) is 4.74 Å². The van der Waals surface area contributed by atoms with Crippen molar-refractivity contribution in [3.05, 3.63) is 34.3 Å². The third-order valence-corrected chi connectivity index (χ3v) is 3.83. The number of hydrogen-bond acceptors (Lipinski definition) is 2. The largest absolute Gasteiger partial charge is 0.372 e. The van der Waals surface area contributed by atoms with Crippen LogP contribution >= 0.6 is 15.9 Å². The minimum absolute atomic E-state index is 0.300. The zero-order chi connectivity index (χ0) is 13.0. The molecule has 1 aliphatic carbocycles. The van der Waals surface area contributed by atoms with Gasteiger partial charge in [0.25, 0.3) is 0 Å². The van der Waals surface area contributed by atoms with Crippen molar-refractivity contribution < 1.29 is 4.74 Å². The van der Waals surface area contributed by atoms with Crippen LogP contribution < -0.4 is 5.32 Å². The maximum Gasteiger partial charge on any atom is 0.0726 e. The Kier molecular flexibility index (Phi) is 5.22. The number of benzene rings is 1. The summed E-state index contributed by atoms with van der Waals surface area (Å²) in [6.07, 6.45) is 2.96. The molecule has 0 saturated heterocycles. The molecule has 0 aromatic heterocycles. The molecule has 1 unspecified atom stereocenters. The fourth-order valence-electron chi connectivity index (χ4n) is 1.84. The normalized spacial score (nSPS) is 17.1. The van der Waals surface area contributed by atoms with Gasteiger partial charge in [0.15, 0.2) is 0 Å². The standard InChI is InChI=1S/C15H22BrNO/c1-11(2)15(9-17-14-7-8-14)18-10-12-3-5-13(16)6-4-12/h3-6,11,14-15,17H,7-10H2,1-2H3. The molecule has 18 heavy (non-hydrogen) atoms. The van der Waals surface area contributed by atoms with Crippen LogP contribution in [0.4, 0.5) is 0 Å². The van der Waals surface area contributed by atoms with E-state index in [1.807, 2.05) is 0 Å². The molecule has 1 aromatic carbocycles. The number of nitrogens with one attached hydrogen (secondary N) is 1. The molecular weight excluding hydrogens is 290 g/mol. The quantitative estimate of drug-likeness (QED) is 0.828. The molecule has 0 radical (unpaired) electrons. The molecule has 1 atom stereocenters. The van der Waals surface area contributed by atoms with Gasteiger partial charge in [-0.1, -0.05) is 41.9 Å². The van der Waals surface area contributed by atoms with Crippen LogP contribution in [0.15, 0.2) is 28.7 Å². The molecule has 0 aliphatic heterocycles. The van der Waals surface area contributed by atoms with Crippen LogP contribution in [0.2, 0.25) is 0 Å². The highest BCUT2D eigenvalue weighted by Crippen LogP contribution is 2.20. The highest BCUT2D eigenvalue weighted by atomic mass is 79.9. The maximum atomic E-state index is 6.03. The van der Waals surface area contributed by atoms with Crippen molar-refractivity contribution >= 4 is 15.9 Å². The second kappa shape index (κ2) is 6.69. The van der Waals surface area contributed by atoms with Gasteiger partial charge in [-0.05, 0) is 36.5 Å². The molecule has 0 spiro atoms. The number of halogens is 1. The van der Waals surface area contributed by atoms with Gasteiger partial charge in [0.1, 0.15) is 0 Å². The molecule has 1 saturated carbocycles. The zero-order valence-corrected chi connectivity index (χ0v) is 12.7. The third kappa shape index (κ3) is 4.71. The summed E-state index contributed by atoms with van der Waals surface area (Å²) in [5.74, 6) is 0.548. The molecule has 2 rings (SSSR count). The van der Waals surface area contributed by atoms with Crippen molar-refractivity contribution in [2.24, 2.45) is 5.92 Å². The van der Waals surface area contributed by atoms with E-state index in [1.165, 1.54) is 18.4 Å². The van der Waals surface area contributed by atoms with Crippen molar-refractivity contribution in [3.8, 4) is 0 Å². The monoisotopic (exact) mass is 311 g/mol. The Morgan fingerprint density at radius 3 is 2.50 bits per heavy atom. The first-order valence-electron chi connectivity index (χ1n) is 6.74. The second-order valence-corrected chi connectivity index (χ2v) is 6.32. The average molecular weight is 312 g/mol. The van der Waals surface area contributed by atoms with E-state index in [0.29, 0.717) is 18.6 Å². The summed E-state index contributed by atoms with van der Waals surface area (Å²) < 4.78 is 7.14. The molecule has 1 aromatic rings. The fraction of sp³-hybridized carbons (Fsp3) is 0.600. The van der Waals surface area contributed by atoms with Crippen LogP contribution in [0.25, 0.3) is 0 Å². The molecule has 100 valence electrons. The molecule has 2 nitrogen and oxygen atoms in total. The molecule has 1 aliphatic rings. The average Bonchev–Trinajstić information content (AvgIpc) is 3.15. The maximum absolute atomic E-state index is 6.03. The summed E-state index contributed by atoms with van der Waals surface area (Å²) in [7, 11) is 0. The van der Waals surface area contributed by atoms with E-state index in [9.17, 15) is 0 Å². The Morgan fingerprint density at radius 2 is 1.94 bits per heavy atom. The van der Waals surface area contributed by atoms with Crippen LogP contribution in [-0.4, -0.2) is 18.7 Å². The fourth-order valence-corrected chi connectivity index (χ4v) is 2.11. The Bertz CT molecular complexity index is 359. The van der Waals surface area contributed by atoms with Crippen LogP contribution in [0, 0.1) is 5.92 Å². The van der Waals surface area contributed by atoms with Gasteiger partial charge in [-0.3, -0.25) is 0 Å². The summed E-state index contributed by atoms with van der Waals surface area (Å²) in [6.45, 7) is 6.11. The summed E-state index contributed by atoms with van der Waals surface area (Å²) >= 11 is 3.45. The highest BCUT2D eigenvalue weighted by molar-refractivity contribution is 9.10. The van der Waals surface area contributed by atoms with Gasteiger partial charge >= 0.3 is 0 Å². The first kappa shape index (κ1) is 14.0. The Hall–Kier alpha value is -0.380. The first-order chi connectivity index (χ1) is 8.65. The molecule has 3 heteroatoms. The van der Waals surface area contributed by atoms with E-state index in [1.54, 1.807) is 0 Å². The second-order valence-electron chi connectivity index (χ2n) is 5.40. The van der Waals surface area contributed by atoms with Gasteiger partial charge in [0.2, 0.25) is 0 Å². The number of ether oxygens (including phenoxy) is 1. The van der Waals surface area contributed by atoms with Crippen molar-refractivity contribution in [3.63, 3.8) is 0 Å². The molecule has 0 heterocycles. The van der Waals surface area contributed by atoms with Crippen LogP contribution in [0.3, 0.4) is 0 Å². The third-order valence-electron chi connectivity index (χ3n) is 3.31. The highest BCUT2D eigenvalue weighted by Gasteiger charge is 2.23. The zero-order valence-electron chi connectivity index (χ0n) is 11.2. The SMILES string of the molecule is CC(C)C(CNC1CC1)OCc1ccc(Br)cc1. The Labute approximate surface area is 118 Å². The molecule has 1 N–H and O–H groups in total. The van der Waals surface area contributed by atoms with Crippen molar-refractivity contribution in [2.75, 3.05) is 6.54 Å². The molecule has 0 amide bonds. The van der Waals surface area contributed by atoms with E-state index in [-0.39, 0.29) is 0 Å². The summed E-state index contributed by atoms with van der Waals surface area (Å²) in [6, 6.07) is 9.09. The number of rotatable bonds is 7. The first-order valence-corrected chi connectivity index (χ1v) is 7.54. The predicted molar refractivity (Wildman–Crippen MR) is 78.6 cm³/mol. The predicted octanol–water partition coefficient (Wildman–Crippen LogP) is 3.74. The smallest absolute Gasteiger partial charge is 0.0726 e. The van der Waals surface area contributed by atoms with Gasteiger partial charge < -0.3 is 10.1 Å².